The fraction of sp³-hybridized carbons (Fsp3) is 0.364. The standard InChI is InChI=1S/C11H12O2S/c1-7-3-2-4-9-10(7)11(13)8(5-12)6-14-9/h2-4,8,12H,5-6H2,1H3. The van der Waals surface area contributed by atoms with Crippen molar-refractivity contribution in [1.82, 2.24) is 0 Å². The molecule has 1 aliphatic rings. The quantitative estimate of drug-likeness (QED) is 0.765. The van der Waals surface area contributed by atoms with Crippen LogP contribution < -0.4 is 0 Å². The summed E-state index contributed by atoms with van der Waals surface area (Å²) < 4.78 is 0. The minimum absolute atomic E-state index is 0.0421. The summed E-state index contributed by atoms with van der Waals surface area (Å²) in [4.78, 5) is 13.0. The molecule has 1 aromatic rings. The van der Waals surface area contributed by atoms with Gasteiger partial charge >= 0.3 is 0 Å². The predicted octanol–water partition coefficient (Wildman–Crippen LogP) is 1.89. The zero-order chi connectivity index (χ0) is 10.1. The highest BCUT2D eigenvalue weighted by atomic mass is 32.2. The molecule has 1 aromatic carbocycles. The van der Waals surface area contributed by atoms with Crippen LogP contribution in [-0.2, 0) is 0 Å². The Balaban J connectivity index is 2.48. The van der Waals surface area contributed by atoms with Gasteiger partial charge < -0.3 is 5.11 Å². The number of rotatable bonds is 1. The van der Waals surface area contributed by atoms with Crippen molar-refractivity contribution in [1.29, 1.82) is 0 Å². The number of fused-ring (bicyclic) bond motifs is 1. The van der Waals surface area contributed by atoms with E-state index in [4.69, 9.17) is 5.11 Å². The van der Waals surface area contributed by atoms with Gasteiger partial charge in [0.2, 0.25) is 0 Å². The summed E-state index contributed by atoms with van der Waals surface area (Å²) >= 11 is 1.66. The maximum absolute atomic E-state index is 11.9. The van der Waals surface area contributed by atoms with E-state index in [-0.39, 0.29) is 18.3 Å². The van der Waals surface area contributed by atoms with E-state index in [9.17, 15) is 4.79 Å². The highest BCUT2D eigenvalue weighted by Gasteiger charge is 2.28. The van der Waals surface area contributed by atoms with Crippen LogP contribution in [0.1, 0.15) is 15.9 Å². The summed E-state index contributed by atoms with van der Waals surface area (Å²) in [5.41, 5.74) is 1.82. The van der Waals surface area contributed by atoms with E-state index < -0.39 is 0 Å². The molecule has 0 amide bonds. The largest absolute Gasteiger partial charge is 0.396 e. The van der Waals surface area contributed by atoms with Gasteiger partial charge in [-0.15, -0.1) is 11.8 Å². The molecular weight excluding hydrogens is 196 g/mol. The number of aryl methyl sites for hydroxylation is 1. The summed E-state index contributed by atoms with van der Waals surface area (Å²) in [5.74, 6) is 0.583. The molecule has 0 aliphatic carbocycles. The molecule has 0 radical (unpaired) electrons. The minimum atomic E-state index is -0.214. The predicted molar refractivity (Wildman–Crippen MR) is 56.8 cm³/mol. The Morgan fingerprint density at radius 1 is 1.57 bits per heavy atom. The normalized spacial score (nSPS) is 20.7. The highest BCUT2D eigenvalue weighted by Crippen LogP contribution is 2.34. The fourth-order valence-corrected chi connectivity index (χ4v) is 2.90. The second-order valence-corrected chi connectivity index (χ2v) is 4.56. The molecule has 74 valence electrons. The van der Waals surface area contributed by atoms with Crippen molar-refractivity contribution in [3.05, 3.63) is 29.3 Å². The molecule has 0 bridgehead atoms. The first-order valence-electron chi connectivity index (χ1n) is 4.61. The van der Waals surface area contributed by atoms with E-state index in [0.717, 1.165) is 16.0 Å². The molecule has 1 heterocycles. The SMILES string of the molecule is Cc1cccc2c1C(=O)C(CO)CS2. The van der Waals surface area contributed by atoms with E-state index in [0.29, 0.717) is 5.75 Å². The van der Waals surface area contributed by atoms with Crippen LogP contribution in [0.3, 0.4) is 0 Å². The number of Topliss-reactive ketones (excluding diaryl/α,β-unsaturated/α-hetero) is 1. The molecule has 2 rings (SSSR count). The molecule has 2 nitrogen and oxygen atoms in total. The summed E-state index contributed by atoms with van der Waals surface area (Å²) in [5, 5.41) is 9.04. The van der Waals surface area contributed by atoms with Gasteiger partial charge in [0.05, 0.1) is 12.5 Å². The number of thioether (sulfide) groups is 1. The lowest BCUT2D eigenvalue weighted by atomic mass is 9.96. The van der Waals surface area contributed by atoms with Gasteiger partial charge in [0.1, 0.15) is 0 Å². The summed E-state index contributed by atoms with van der Waals surface area (Å²) in [7, 11) is 0. The van der Waals surface area contributed by atoms with Gasteiger partial charge in [0.15, 0.2) is 5.78 Å². The molecule has 1 N–H and O–H groups in total. The maximum Gasteiger partial charge on any atom is 0.170 e. The Morgan fingerprint density at radius 3 is 3.07 bits per heavy atom. The molecule has 1 atom stereocenters. The van der Waals surface area contributed by atoms with Crippen LogP contribution >= 0.6 is 11.8 Å². The number of aliphatic hydroxyl groups is 1. The van der Waals surface area contributed by atoms with Crippen LogP contribution in [0.15, 0.2) is 23.1 Å². The Morgan fingerprint density at radius 2 is 2.36 bits per heavy atom. The number of hydrogen-bond donors (Lipinski definition) is 1. The zero-order valence-corrected chi connectivity index (χ0v) is 8.80. The first-order valence-corrected chi connectivity index (χ1v) is 5.60. The van der Waals surface area contributed by atoms with E-state index in [1.165, 1.54) is 0 Å². The van der Waals surface area contributed by atoms with E-state index in [2.05, 4.69) is 0 Å². The van der Waals surface area contributed by atoms with Gasteiger partial charge in [-0.25, -0.2) is 0 Å². The van der Waals surface area contributed by atoms with Crippen LogP contribution in [0, 0.1) is 12.8 Å². The number of ketones is 1. The Bertz CT molecular complexity index is 374. The van der Waals surface area contributed by atoms with Crippen molar-refractivity contribution in [3.8, 4) is 0 Å². The van der Waals surface area contributed by atoms with Gasteiger partial charge in [-0.2, -0.15) is 0 Å². The zero-order valence-electron chi connectivity index (χ0n) is 7.99. The molecule has 0 saturated heterocycles. The third-order valence-corrected chi connectivity index (χ3v) is 3.73. The maximum atomic E-state index is 11.9. The summed E-state index contributed by atoms with van der Waals surface area (Å²) in [6, 6.07) is 5.88. The number of carbonyl (C=O) groups is 1. The Hall–Kier alpha value is -0.800. The topological polar surface area (TPSA) is 37.3 Å². The van der Waals surface area contributed by atoms with Gasteiger partial charge in [-0.05, 0) is 18.6 Å². The average Bonchev–Trinajstić information content (AvgIpc) is 2.18. The summed E-state index contributed by atoms with van der Waals surface area (Å²) in [6.07, 6.45) is 0. The van der Waals surface area contributed by atoms with Crippen molar-refractivity contribution in [3.63, 3.8) is 0 Å². The van der Waals surface area contributed by atoms with Crippen molar-refractivity contribution in [2.45, 2.75) is 11.8 Å². The molecule has 1 unspecified atom stereocenters. The second-order valence-electron chi connectivity index (χ2n) is 3.50. The van der Waals surface area contributed by atoms with E-state index in [1.54, 1.807) is 11.8 Å². The smallest absolute Gasteiger partial charge is 0.170 e. The van der Waals surface area contributed by atoms with Crippen molar-refractivity contribution >= 4 is 17.5 Å². The Kier molecular flexibility index (Phi) is 2.61. The minimum Gasteiger partial charge on any atom is -0.396 e. The molecular formula is C11H12O2S. The van der Waals surface area contributed by atoms with Gasteiger partial charge in [0.25, 0.3) is 0 Å². The monoisotopic (exact) mass is 208 g/mol. The van der Waals surface area contributed by atoms with Gasteiger partial charge in [0, 0.05) is 16.2 Å². The summed E-state index contributed by atoms with van der Waals surface area (Å²) in [6.45, 7) is 1.90. The molecule has 0 fully saturated rings. The molecule has 0 aromatic heterocycles. The lowest BCUT2D eigenvalue weighted by Gasteiger charge is -2.22. The lowest BCUT2D eigenvalue weighted by molar-refractivity contribution is 0.0874. The molecule has 3 heteroatoms. The second kappa shape index (κ2) is 3.75. The van der Waals surface area contributed by atoms with Crippen LogP contribution in [0.25, 0.3) is 0 Å². The van der Waals surface area contributed by atoms with E-state index in [1.807, 2.05) is 25.1 Å². The van der Waals surface area contributed by atoms with Crippen molar-refractivity contribution in [2.75, 3.05) is 12.4 Å². The molecule has 1 aliphatic heterocycles. The molecule has 0 saturated carbocycles. The van der Waals surface area contributed by atoms with Crippen LogP contribution in [0.4, 0.5) is 0 Å². The lowest BCUT2D eigenvalue weighted by Crippen LogP contribution is -2.26. The molecule has 14 heavy (non-hydrogen) atoms. The van der Waals surface area contributed by atoms with Crippen LogP contribution in [0.2, 0.25) is 0 Å². The Labute approximate surface area is 87.3 Å². The fourth-order valence-electron chi connectivity index (χ4n) is 1.68. The number of aliphatic hydroxyl groups excluding tert-OH is 1. The third-order valence-electron chi connectivity index (χ3n) is 2.51. The van der Waals surface area contributed by atoms with Crippen molar-refractivity contribution < 1.29 is 9.90 Å². The number of carbonyl (C=O) groups excluding carboxylic acids is 1. The van der Waals surface area contributed by atoms with E-state index >= 15 is 0 Å². The third kappa shape index (κ3) is 1.47. The van der Waals surface area contributed by atoms with Gasteiger partial charge in [-0.3, -0.25) is 4.79 Å². The first kappa shape index (κ1) is 9.74. The van der Waals surface area contributed by atoms with Crippen LogP contribution in [0.5, 0.6) is 0 Å². The highest BCUT2D eigenvalue weighted by molar-refractivity contribution is 7.99. The first-order chi connectivity index (χ1) is 6.74. The van der Waals surface area contributed by atoms with Crippen molar-refractivity contribution in [2.24, 2.45) is 5.92 Å². The average molecular weight is 208 g/mol. The van der Waals surface area contributed by atoms with Crippen LogP contribution in [-0.4, -0.2) is 23.2 Å². The number of hydrogen-bond acceptors (Lipinski definition) is 3. The van der Waals surface area contributed by atoms with Gasteiger partial charge in [-0.1, -0.05) is 12.1 Å². The number of benzene rings is 1. The molecule has 0 spiro atoms.